The molecule has 0 radical (unpaired) electrons. The van der Waals surface area contributed by atoms with Gasteiger partial charge in [-0.15, -0.1) is 0 Å². The molecule has 158 valence electrons. The fourth-order valence-electron chi connectivity index (χ4n) is 3.32. The fourth-order valence-corrected chi connectivity index (χ4v) is 3.32. The first-order chi connectivity index (χ1) is 14.2. The van der Waals surface area contributed by atoms with Crippen molar-refractivity contribution in [1.82, 2.24) is 9.78 Å². The second-order valence-electron chi connectivity index (χ2n) is 8.35. The third kappa shape index (κ3) is 4.17. The monoisotopic (exact) mass is 407 g/mol. The molecule has 0 aliphatic heterocycles. The second-order valence-corrected chi connectivity index (χ2v) is 8.35. The van der Waals surface area contributed by atoms with Crippen molar-refractivity contribution in [2.75, 3.05) is 19.5 Å². The van der Waals surface area contributed by atoms with Crippen LogP contribution in [0.15, 0.2) is 42.5 Å². The lowest BCUT2D eigenvalue weighted by atomic mass is 9.92. The van der Waals surface area contributed by atoms with Crippen LogP contribution in [0.3, 0.4) is 0 Å². The number of rotatable bonds is 5. The first kappa shape index (κ1) is 21.4. The molecule has 6 heteroatoms. The molecule has 3 aromatic rings. The van der Waals surface area contributed by atoms with Gasteiger partial charge in [0.1, 0.15) is 11.6 Å². The third-order valence-corrected chi connectivity index (χ3v) is 5.02. The van der Waals surface area contributed by atoms with E-state index in [9.17, 15) is 4.79 Å². The summed E-state index contributed by atoms with van der Waals surface area (Å²) in [4.78, 5) is 12.4. The number of hydrogen-bond acceptors (Lipinski definition) is 5. The lowest BCUT2D eigenvalue weighted by molar-refractivity contribution is 0.0601. The normalized spacial score (nSPS) is 11.3. The number of ether oxygens (including phenoxy) is 2. The number of benzene rings is 2. The Labute approximate surface area is 177 Å². The Morgan fingerprint density at radius 3 is 2.27 bits per heavy atom. The highest BCUT2D eigenvalue weighted by Crippen LogP contribution is 2.32. The van der Waals surface area contributed by atoms with Gasteiger partial charge in [-0.2, -0.15) is 5.10 Å². The number of carbonyl (C=O) groups is 1. The number of aryl methyl sites for hydroxylation is 2. The van der Waals surface area contributed by atoms with Gasteiger partial charge in [0.05, 0.1) is 36.9 Å². The average molecular weight is 408 g/mol. The minimum absolute atomic E-state index is 0.136. The van der Waals surface area contributed by atoms with E-state index in [0.717, 1.165) is 28.3 Å². The van der Waals surface area contributed by atoms with Crippen molar-refractivity contribution in [2.45, 2.75) is 40.0 Å². The molecular formula is C24H29N3O3. The first-order valence-corrected chi connectivity index (χ1v) is 9.86. The van der Waals surface area contributed by atoms with Gasteiger partial charge in [0.25, 0.3) is 0 Å². The number of methoxy groups -OCH3 is 2. The van der Waals surface area contributed by atoms with Gasteiger partial charge in [0, 0.05) is 11.5 Å². The van der Waals surface area contributed by atoms with Gasteiger partial charge < -0.3 is 14.8 Å². The summed E-state index contributed by atoms with van der Waals surface area (Å²) in [5.74, 6) is 0.915. The van der Waals surface area contributed by atoms with E-state index in [2.05, 4.69) is 52.1 Å². The van der Waals surface area contributed by atoms with Gasteiger partial charge in [0.2, 0.25) is 0 Å². The van der Waals surface area contributed by atoms with Crippen molar-refractivity contribution in [3.05, 3.63) is 64.8 Å². The summed E-state index contributed by atoms with van der Waals surface area (Å²) in [7, 11) is 2.93. The lowest BCUT2D eigenvalue weighted by Crippen LogP contribution is -2.13. The molecule has 3 rings (SSSR count). The predicted octanol–water partition coefficient (Wildman–Crippen LogP) is 5.33. The van der Waals surface area contributed by atoms with Crippen LogP contribution in [-0.2, 0) is 10.2 Å². The maximum absolute atomic E-state index is 12.4. The van der Waals surface area contributed by atoms with E-state index in [1.54, 1.807) is 19.2 Å². The standard InChI is InChI=1S/C24H29N3O3/c1-15-9-8-10-16(2)22(15)27-21(14-20(26-27)24(3,4)5)25-19-12-11-17(29-6)13-18(19)23(28)30-7/h8-14,25H,1-7H3. The maximum Gasteiger partial charge on any atom is 0.340 e. The Bertz CT molecular complexity index is 1060. The van der Waals surface area contributed by atoms with Crippen molar-refractivity contribution in [1.29, 1.82) is 0 Å². The molecule has 30 heavy (non-hydrogen) atoms. The van der Waals surface area contributed by atoms with Gasteiger partial charge in [-0.1, -0.05) is 39.0 Å². The van der Waals surface area contributed by atoms with Crippen LogP contribution < -0.4 is 10.1 Å². The van der Waals surface area contributed by atoms with E-state index >= 15 is 0 Å². The molecule has 0 spiro atoms. The molecule has 0 aliphatic rings. The SMILES string of the molecule is COC(=O)c1cc(OC)ccc1Nc1cc(C(C)(C)C)nn1-c1c(C)cccc1C. The summed E-state index contributed by atoms with van der Waals surface area (Å²) >= 11 is 0. The Balaban J connectivity index is 2.18. The molecule has 2 aromatic carbocycles. The zero-order chi connectivity index (χ0) is 22.1. The van der Waals surface area contributed by atoms with Crippen LogP contribution in [0.4, 0.5) is 11.5 Å². The fraction of sp³-hybridized carbons (Fsp3) is 0.333. The van der Waals surface area contributed by atoms with Crippen molar-refractivity contribution in [2.24, 2.45) is 0 Å². The smallest absolute Gasteiger partial charge is 0.340 e. The molecule has 0 unspecified atom stereocenters. The molecule has 0 saturated carbocycles. The number of carbonyl (C=O) groups excluding carboxylic acids is 1. The maximum atomic E-state index is 12.4. The van der Waals surface area contributed by atoms with Crippen LogP contribution in [0.1, 0.15) is 48.0 Å². The summed E-state index contributed by atoms with van der Waals surface area (Å²) in [5, 5.41) is 8.31. The molecule has 6 nitrogen and oxygen atoms in total. The van der Waals surface area contributed by atoms with Gasteiger partial charge in [-0.3, -0.25) is 0 Å². The van der Waals surface area contributed by atoms with Crippen LogP contribution in [0.5, 0.6) is 5.75 Å². The average Bonchev–Trinajstić information content (AvgIpc) is 3.11. The topological polar surface area (TPSA) is 65.4 Å². The molecule has 0 fully saturated rings. The number of hydrogen-bond donors (Lipinski definition) is 1. The number of nitrogens with one attached hydrogen (secondary N) is 1. The highest BCUT2D eigenvalue weighted by atomic mass is 16.5. The molecular weight excluding hydrogens is 378 g/mol. The Kier molecular flexibility index (Phi) is 5.87. The van der Waals surface area contributed by atoms with E-state index in [-0.39, 0.29) is 5.41 Å². The van der Waals surface area contributed by atoms with E-state index in [4.69, 9.17) is 14.6 Å². The van der Waals surface area contributed by atoms with Gasteiger partial charge in [0.15, 0.2) is 0 Å². The van der Waals surface area contributed by atoms with Crippen molar-refractivity contribution < 1.29 is 14.3 Å². The third-order valence-electron chi connectivity index (χ3n) is 5.02. The molecule has 1 aromatic heterocycles. The minimum atomic E-state index is -0.439. The van der Waals surface area contributed by atoms with Crippen LogP contribution in [0, 0.1) is 13.8 Å². The summed E-state index contributed by atoms with van der Waals surface area (Å²) in [6, 6.07) is 13.5. The van der Waals surface area contributed by atoms with Gasteiger partial charge in [-0.05, 0) is 43.2 Å². The number of para-hydroxylation sites is 1. The van der Waals surface area contributed by atoms with Crippen LogP contribution >= 0.6 is 0 Å². The quantitative estimate of drug-likeness (QED) is 0.580. The van der Waals surface area contributed by atoms with Gasteiger partial charge >= 0.3 is 5.97 Å². The predicted molar refractivity (Wildman–Crippen MR) is 119 cm³/mol. The molecule has 0 atom stereocenters. The Morgan fingerprint density at radius 2 is 1.70 bits per heavy atom. The second kappa shape index (κ2) is 8.22. The molecule has 0 bridgehead atoms. The van der Waals surface area contributed by atoms with E-state index in [0.29, 0.717) is 17.0 Å². The number of esters is 1. The van der Waals surface area contributed by atoms with E-state index < -0.39 is 5.97 Å². The summed E-state index contributed by atoms with van der Waals surface area (Å²) in [6.45, 7) is 10.5. The van der Waals surface area contributed by atoms with Crippen molar-refractivity contribution in [3.63, 3.8) is 0 Å². The molecule has 0 saturated heterocycles. The Morgan fingerprint density at radius 1 is 1.03 bits per heavy atom. The molecule has 1 N–H and O–H groups in total. The zero-order valence-corrected chi connectivity index (χ0v) is 18.7. The van der Waals surface area contributed by atoms with Crippen LogP contribution in [0.25, 0.3) is 5.69 Å². The summed E-state index contributed by atoms with van der Waals surface area (Å²) in [6.07, 6.45) is 0. The highest BCUT2D eigenvalue weighted by molar-refractivity contribution is 5.97. The molecule has 0 aliphatic carbocycles. The molecule has 0 amide bonds. The van der Waals surface area contributed by atoms with Gasteiger partial charge in [-0.25, -0.2) is 9.48 Å². The van der Waals surface area contributed by atoms with Crippen LogP contribution in [-0.4, -0.2) is 30.0 Å². The number of anilines is 2. The number of nitrogens with zero attached hydrogens (tertiary/aromatic N) is 2. The minimum Gasteiger partial charge on any atom is -0.497 e. The van der Waals surface area contributed by atoms with E-state index in [1.165, 1.54) is 7.11 Å². The lowest BCUT2D eigenvalue weighted by Gasteiger charge is -2.16. The first-order valence-electron chi connectivity index (χ1n) is 9.86. The Hall–Kier alpha value is -3.28. The zero-order valence-electron chi connectivity index (χ0n) is 18.7. The summed E-state index contributed by atoms with van der Waals surface area (Å²) in [5.41, 5.74) is 5.07. The summed E-state index contributed by atoms with van der Waals surface area (Å²) < 4.78 is 12.2. The van der Waals surface area contributed by atoms with E-state index in [1.807, 2.05) is 22.9 Å². The van der Waals surface area contributed by atoms with Crippen molar-refractivity contribution in [3.8, 4) is 11.4 Å². The number of aromatic nitrogens is 2. The van der Waals surface area contributed by atoms with Crippen molar-refractivity contribution >= 4 is 17.5 Å². The highest BCUT2D eigenvalue weighted by Gasteiger charge is 2.23. The largest absolute Gasteiger partial charge is 0.497 e. The van der Waals surface area contributed by atoms with Crippen LogP contribution in [0.2, 0.25) is 0 Å². The molecule has 1 heterocycles.